The van der Waals surface area contributed by atoms with Crippen molar-refractivity contribution in [3.63, 3.8) is 0 Å². The van der Waals surface area contributed by atoms with Crippen LogP contribution in [0.5, 0.6) is 11.5 Å². The van der Waals surface area contributed by atoms with Gasteiger partial charge in [-0.1, -0.05) is 12.1 Å². The lowest BCUT2D eigenvalue weighted by molar-refractivity contribution is -0.149. The third kappa shape index (κ3) is 4.69. The number of thiazole rings is 1. The second-order valence-electron chi connectivity index (χ2n) is 6.45. The molecule has 3 aromatic rings. The standard InChI is InChI=1S/C21H19N3O5S/c1-27-15-8-6-13(7-9-15)22-21-23-14(12-30-21)11-28-19(25)10-18-20(26)24-16-4-2-3-5-17(16)29-18/h2-9,12,18H,10-11H2,1H3,(H,22,23)(H,24,26)/t18-/m1/s1. The Morgan fingerprint density at radius 2 is 2.03 bits per heavy atom. The molecule has 2 N–H and O–H groups in total. The number of hydrogen-bond acceptors (Lipinski definition) is 8. The molecule has 30 heavy (non-hydrogen) atoms. The molecule has 0 saturated carbocycles. The van der Waals surface area contributed by atoms with Crippen LogP contribution < -0.4 is 20.1 Å². The number of ether oxygens (including phenoxy) is 3. The number of carbonyl (C=O) groups excluding carboxylic acids is 2. The second kappa shape index (κ2) is 8.83. The summed E-state index contributed by atoms with van der Waals surface area (Å²) < 4.78 is 16.0. The van der Waals surface area contributed by atoms with Crippen LogP contribution in [0.25, 0.3) is 0 Å². The van der Waals surface area contributed by atoms with E-state index in [1.807, 2.05) is 24.3 Å². The topological polar surface area (TPSA) is 98.8 Å². The molecule has 0 bridgehead atoms. The minimum Gasteiger partial charge on any atom is -0.497 e. The number of carbonyl (C=O) groups is 2. The first-order chi connectivity index (χ1) is 14.6. The van der Waals surface area contributed by atoms with Gasteiger partial charge in [0.25, 0.3) is 5.91 Å². The van der Waals surface area contributed by atoms with Crippen molar-refractivity contribution in [1.82, 2.24) is 4.98 Å². The van der Waals surface area contributed by atoms with Gasteiger partial charge in [-0.25, -0.2) is 4.98 Å². The highest BCUT2D eigenvalue weighted by Crippen LogP contribution is 2.29. The number of fused-ring (bicyclic) bond motifs is 1. The molecule has 154 valence electrons. The van der Waals surface area contributed by atoms with Gasteiger partial charge in [-0.3, -0.25) is 9.59 Å². The smallest absolute Gasteiger partial charge is 0.310 e. The predicted octanol–water partition coefficient (Wildman–Crippen LogP) is 3.73. The molecule has 1 amide bonds. The number of amides is 1. The van der Waals surface area contributed by atoms with Crippen LogP contribution >= 0.6 is 11.3 Å². The van der Waals surface area contributed by atoms with E-state index in [-0.39, 0.29) is 18.9 Å². The number of methoxy groups -OCH3 is 1. The number of hydrogen-bond donors (Lipinski definition) is 2. The van der Waals surface area contributed by atoms with Gasteiger partial charge in [0.15, 0.2) is 11.2 Å². The van der Waals surface area contributed by atoms with E-state index < -0.39 is 12.1 Å². The fourth-order valence-electron chi connectivity index (χ4n) is 2.82. The molecule has 1 aromatic heterocycles. The Balaban J connectivity index is 1.28. The van der Waals surface area contributed by atoms with Crippen LogP contribution in [0.2, 0.25) is 0 Å². The Bertz CT molecular complexity index is 1050. The normalized spacial score (nSPS) is 14.8. The maximum absolute atomic E-state index is 12.2. The Labute approximate surface area is 176 Å². The van der Waals surface area contributed by atoms with Gasteiger partial charge in [-0.2, -0.15) is 0 Å². The fourth-order valence-corrected chi connectivity index (χ4v) is 3.54. The summed E-state index contributed by atoms with van der Waals surface area (Å²) in [6, 6.07) is 14.5. The minimum absolute atomic E-state index is 0.0184. The third-order valence-corrected chi connectivity index (χ3v) is 5.14. The second-order valence-corrected chi connectivity index (χ2v) is 7.31. The van der Waals surface area contributed by atoms with Crippen LogP contribution in [0.1, 0.15) is 12.1 Å². The monoisotopic (exact) mass is 425 g/mol. The number of nitrogens with one attached hydrogen (secondary N) is 2. The average Bonchev–Trinajstić information content (AvgIpc) is 3.21. The van der Waals surface area contributed by atoms with Gasteiger partial charge in [-0.15, -0.1) is 11.3 Å². The maximum Gasteiger partial charge on any atom is 0.310 e. The molecule has 1 aliphatic heterocycles. The summed E-state index contributed by atoms with van der Waals surface area (Å²) in [5.74, 6) is 0.396. The highest BCUT2D eigenvalue weighted by atomic mass is 32.1. The third-order valence-electron chi connectivity index (χ3n) is 4.33. The number of anilines is 3. The van der Waals surface area contributed by atoms with Crippen LogP contribution in [0.15, 0.2) is 53.9 Å². The highest BCUT2D eigenvalue weighted by molar-refractivity contribution is 7.13. The van der Waals surface area contributed by atoms with Crippen molar-refractivity contribution < 1.29 is 23.8 Å². The van der Waals surface area contributed by atoms with E-state index >= 15 is 0 Å². The molecule has 0 spiro atoms. The Hall–Kier alpha value is -3.59. The van der Waals surface area contributed by atoms with E-state index in [1.54, 1.807) is 36.8 Å². The zero-order valence-corrected chi connectivity index (χ0v) is 16.9. The van der Waals surface area contributed by atoms with E-state index in [2.05, 4.69) is 15.6 Å². The van der Waals surface area contributed by atoms with Crippen LogP contribution in [-0.2, 0) is 20.9 Å². The zero-order chi connectivity index (χ0) is 20.9. The first kappa shape index (κ1) is 19.7. The SMILES string of the molecule is COc1ccc(Nc2nc(COC(=O)C[C@H]3Oc4ccccc4NC3=O)cs2)cc1. The molecule has 1 atom stereocenters. The number of rotatable bonds is 7. The lowest BCUT2D eigenvalue weighted by Crippen LogP contribution is -2.38. The first-order valence-corrected chi connectivity index (χ1v) is 10.1. The van der Waals surface area contributed by atoms with Crippen molar-refractivity contribution >= 4 is 39.7 Å². The zero-order valence-electron chi connectivity index (χ0n) is 16.1. The number of benzene rings is 2. The summed E-state index contributed by atoms with van der Waals surface area (Å²) in [5, 5.41) is 8.39. The molecule has 2 aromatic carbocycles. The van der Waals surface area contributed by atoms with Crippen molar-refractivity contribution in [2.24, 2.45) is 0 Å². The lowest BCUT2D eigenvalue weighted by Gasteiger charge is -2.25. The highest BCUT2D eigenvalue weighted by Gasteiger charge is 2.30. The van der Waals surface area contributed by atoms with Crippen molar-refractivity contribution in [3.8, 4) is 11.5 Å². The molecular weight excluding hydrogens is 406 g/mol. The van der Waals surface area contributed by atoms with Crippen LogP contribution in [-0.4, -0.2) is 30.1 Å². The minimum atomic E-state index is -0.921. The molecule has 0 saturated heterocycles. The van der Waals surface area contributed by atoms with Gasteiger partial charge in [0.1, 0.15) is 18.1 Å². The van der Waals surface area contributed by atoms with Crippen molar-refractivity contribution in [2.45, 2.75) is 19.1 Å². The molecule has 0 radical (unpaired) electrons. The van der Waals surface area contributed by atoms with Gasteiger partial charge in [0.05, 0.1) is 24.9 Å². The number of esters is 1. The summed E-state index contributed by atoms with van der Waals surface area (Å²) in [4.78, 5) is 28.7. The summed E-state index contributed by atoms with van der Waals surface area (Å²) in [6.45, 7) is 0.0184. The van der Waals surface area contributed by atoms with Gasteiger partial charge in [0.2, 0.25) is 0 Å². The van der Waals surface area contributed by atoms with Gasteiger partial charge in [0, 0.05) is 11.1 Å². The molecule has 0 aliphatic carbocycles. The van der Waals surface area contributed by atoms with E-state index in [9.17, 15) is 9.59 Å². The van der Waals surface area contributed by atoms with Gasteiger partial charge >= 0.3 is 5.97 Å². The first-order valence-electron chi connectivity index (χ1n) is 9.18. The Kier molecular flexibility index (Phi) is 5.80. The molecule has 0 unspecified atom stereocenters. The summed E-state index contributed by atoms with van der Waals surface area (Å²) in [6.07, 6.45) is -1.10. The molecule has 9 heteroatoms. The van der Waals surface area contributed by atoms with E-state index in [1.165, 1.54) is 11.3 Å². The van der Waals surface area contributed by atoms with E-state index in [0.29, 0.717) is 22.3 Å². The Morgan fingerprint density at radius 3 is 2.83 bits per heavy atom. The summed E-state index contributed by atoms with van der Waals surface area (Å²) >= 11 is 1.40. The number of aromatic nitrogens is 1. The van der Waals surface area contributed by atoms with E-state index in [0.717, 1.165) is 11.4 Å². The summed E-state index contributed by atoms with van der Waals surface area (Å²) in [7, 11) is 1.61. The molecular formula is C21H19N3O5S. The number of nitrogens with zero attached hydrogens (tertiary/aromatic N) is 1. The Morgan fingerprint density at radius 1 is 1.23 bits per heavy atom. The number of para-hydroxylation sites is 2. The maximum atomic E-state index is 12.2. The average molecular weight is 425 g/mol. The molecule has 0 fully saturated rings. The molecule has 2 heterocycles. The van der Waals surface area contributed by atoms with E-state index in [4.69, 9.17) is 14.2 Å². The van der Waals surface area contributed by atoms with Crippen LogP contribution in [0.4, 0.5) is 16.5 Å². The van der Waals surface area contributed by atoms with Crippen molar-refractivity contribution in [3.05, 3.63) is 59.6 Å². The van der Waals surface area contributed by atoms with Crippen molar-refractivity contribution in [2.75, 3.05) is 17.7 Å². The molecule has 8 nitrogen and oxygen atoms in total. The molecule has 4 rings (SSSR count). The van der Waals surface area contributed by atoms with Gasteiger partial charge in [-0.05, 0) is 36.4 Å². The largest absolute Gasteiger partial charge is 0.497 e. The quantitative estimate of drug-likeness (QED) is 0.557. The summed E-state index contributed by atoms with van der Waals surface area (Å²) in [5.41, 5.74) is 2.07. The molecule has 1 aliphatic rings. The van der Waals surface area contributed by atoms with Gasteiger partial charge < -0.3 is 24.8 Å². The van der Waals surface area contributed by atoms with Crippen LogP contribution in [0.3, 0.4) is 0 Å². The van der Waals surface area contributed by atoms with Crippen LogP contribution in [0, 0.1) is 0 Å². The fraction of sp³-hybridized carbons (Fsp3) is 0.190. The lowest BCUT2D eigenvalue weighted by atomic mass is 10.1. The van der Waals surface area contributed by atoms with Crippen molar-refractivity contribution in [1.29, 1.82) is 0 Å². The predicted molar refractivity (Wildman–Crippen MR) is 112 cm³/mol.